The number of nitrogens with one attached hydrogen (secondary N) is 1. The predicted molar refractivity (Wildman–Crippen MR) is 82.1 cm³/mol. The molecule has 19 heavy (non-hydrogen) atoms. The summed E-state index contributed by atoms with van der Waals surface area (Å²) in [7, 11) is 0. The van der Waals surface area contributed by atoms with Gasteiger partial charge in [-0.25, -0.2) is 0 Å². The summed E-state index contributed by atoms with van der Waals surface area (Å²) in [5.74, 6) is 0.453. The fourth-order valence-electron chi connectivity index (χ4n) is 2.77. The Hall–Kier alpha value is -0.870. The van der Waals surface area contributed by atoms with E-state index < -0.39 is 5.54 Å². The first-order valence-corrected chi connectivity index (χ1v) is 7.56. The molecule has 1 fully saturated rings. The smallest absolute Gasteiger partial charge is 0.244 e. The Kier molecular flexibility index (Phi) is 4.31. The van der Waals surface area contributed by atoms with Crippen LogP contribution in [-0.2, 0) is 4.79 Å². The van der Waals surface area contributed by atoms with Crippen LogP contribution in [0.4, 0.5) is 5.69 Å². The molecule has 3 nitrogen and oxygen atoms in total. The standard InChI is InChI=1S/C15H21BrN2O/c1-10-5-6-13(12(16)8-10)18-14(19)15(17)7-3-4-11(2)9-15/h5-6,8,11H,3-4,7,9,17H2,1-2H3,(H,18,19). The normalized spacial score (nSPS) is 27.1. The fraction of sp³-hybridized carbons (Fsp3) is 0.533. The molecule has 0 spiro atoms. The molecule has 0 aliphatic heterocycles. The van der Waals surface area contributed by atoms with Crippen LogP contribution in [0.3, 0.4) is 0 Å². The highest BCUT2D eigenvalue weighted by Crippen LogP contribution is 2.32. The minimum atomic E-state index is -0.720. The number of anilines is 1. The number of carbonyl (C=O) groups is 1. The predicted octanol–water partition coefficient (Wildman–Crippen LogP) is 3.60. The lowest BCUT2D eigenvalue weighted by Gasteiger charge is -2.35. The van der Waals surface area contributed by atoms with Gasteiger partial charge in [-0.3, -0.25) is 4.79 Å². The molecular formula is C15H21BrN2O. The third-order valence-electron chi connectivity index (χ3n) is 3.86. The Morgan fingerprint density at radius 3 is 2.89 bits per heavy atom. The van der Waals surface area contributed by atoms with Crippen molar-refractivity contribution in [1.82, 2.24) is 0 Å². The van der Waals surface area contributed by atoms with E-state index in [1.54, 1.807) is 0 Å². The molecule has 1 saturated carbocycles. The summed E-state index contributed by atoms with van der Waals surface area (Å²) < 4.78 is 0.897. The van der Waals surface area contributed by atoms with Crippen LogP contribution in [0, 0.1) is 12.8 Å². The van der Waals surface area contributed by atoms with E-state index in [1.165, 1.54) is 6.42 Å². The second kappa shape index (κ2) is 5.63. The van der Waals surface area contributed by atoms with Crippen molar-refractivity contribution in [1.29, 1.82) is 0 Å². The van der Waals surface area contributed by atoms with E-state index in [-0.39, 0.29) is 5.91 Å². The van der Waals surface area contributed by atoms with Gasteiger partial charge in [0, 0.05) is 4.47 Å². The molecule has 1 aliphatic carbocycles. The Labute approximate surface area is 123 Å². The lowest BCUT2D eigenvalue weighted by Crippen LogP contribution is -2.53. The number of benzene rings is 1. The lowest BCUT2D eigenvalue weighted by atomic mass is 9.76. The van der Waals surface area contributed by atoms with Crippen molar-refractivity contribution in [2.75, 3.05) is 5.32 Å². The molecule has 1 aromatic rings. The number of nitrogens with two attached hydrogens (primary N) is 1. The van der Waals surface area contributed by atoms with Crippen LogP contribution in [0.25, 0.3) is 0 Å². The first kappa shape index (κ1) is 14.5. The molecule has 3 N–H and O–H groups in total. The zero-order chi connectivity index (χ0) is 14.0. The van der Waals surface area contributed by atoms with Crippen LogP contribution >= 0.6 is 15.9 Å². The minimum Gasteiger partial charge on any atom is -0.323 e. The second-order valence-electron chi connectivity index (χ2n) is 5.80. The molecule has 2 rings (SSSR count). The molecule has 1 amide bonds. The van der Waals surface area contributed by atoms with E-state index in [0.717, 1.165) is 35.0 Å². The largest absolute Gasteiger partial charge is 0.323 e. The Bertz CT molecular complexity index is 489. The third kappa shape index (κ3) is 3.37. The number of halogens is 1. The van der Waals surface area contributed by atoms with Crippen molar-refractivity contribution in [3.8, 4) is 0 Å². The van der Waals surface area contributed by atoms with Gasteiger partial charge in [0.25, 0.3) is 0 Å². The van der Waals surface area contributed by atoms with Crippen LogP contribution in [-0.4, -0.2) is 11.4 Å². The first-order valence-electron chi connectivity index (χ1n) is 6.77. The highest BCUT2D eigenvalue weighted by Gasteiger charge is 2.38. The summed E-state index contributed by atoms with van der Waals surface area (Å²) in [6.45, 7) is 4.18. The maximum Gasteiger partial charge on any atom is 0.244 e. The highest BCUT2D eigenvalue weighted by molar-refractivity contribution is 9.10. The quantitative estimate of drug-likeness (QED) is 0.873. The third-order valence-corrected chi connectivity index (χ3v) is 4.51. The van der Waals surface area contributed by atoms with Crippen molar-refractivity contribution in [3.05, 3.63) is 28.2 Å². The van der Waals surface area contributed by atoms with E-state index in [4.69, 9.17) is 5.73 Å². The van der Waals surface area contributed by atoms with E-state index in [1.807, 2.05) is 25.1 Å². The maximum atomic E-state index is 12.4. The van der Waals surface area contributed by atoms with Gasteiger partial charge in [0.1, 0.15) is 0 Å². The molecule has 0 aromatic heterocycles. The van der Waals surface area contributed by atoms with Crippen LogP contribution in [0.15, 0.2) is 22.7 Å². The summed E-state index contributed by atoms with van der Waals surface area (Å²) in [5.41, 5.74) is 7.52. The highest BCUT2D eigenvalue weighted by atomic mass is 79.9. The van der Waals surface area contributed by atoms with E-state index in [9.17, 15) is 4.79 Å². The second-order valence-corrected chi connectivity index (χ2v) is 6.65. The summed E-state index contributed by atoms with van der Waals surface area (Å²) in [6, 6.07) is 5.88. The van der Waals surface area contributed by atoms with Gasteiger partial charge in [-0.05, 0) is 59.3 Å². The minimum absolute atomic E-state index is 0.0661. The van der Waals surface area contributed by atoms with Crippen molar-refractivity contribution in [2.24, 2.45) is 11.7 Å². The average molecular weight is 325 g/mol. The molecule has 0 bridgehead atoms. The number of aryl methyl sites for hydroxylation is 1. The molecule has 0 radical (unpaired) electrons. The van der Waals surface area contributed by atoms with Crippen molar-refractivity contribution in [3.63, 3.8) is 0 Å². The van der Waals surface area contributed by atoms with Gasteiger partial charge in [0.05, 0.1) is 11.2 Å². The lowest BCUT2D eigenvalue weighted by molar-refractivity contribution is -0.122. The Morgan fingerprint density at radius 2 is 2.26 bits per heavy atom. The summed E-state index contributed by atoms with van der Waals surface area (Å²) in [5, 5.41) is 2.96. The van der Waals surface area contributed by atoms with E-state index in [0.29, 0.717) is 5.92 Å². The number of carbonyl (C=O) groups excluding carboxylic acids is 1. The van der Waals surface area contributed by atoms with Gasteiger partial charge in [-0.15, -0.1) is 0 Å². The van der Waals surface area contributed by atoms with Gasteiger partial charge in [-0.1, -0.05) is 25.8 Å². The van der Waals surface area contributed by atoms with Gasteiger partial charge in [-0.2, -0.15) is 0 Å². The molecule has 4 heteroatoms. The molecule has 2 atom stereocenters. The molecule has 0 saturated heterocycles. The van der Waals surface area contributed by atoms with Crippen LogP contribution < -0.4 is 11.1 Å². The molecule has 0 heterocycles. The maximum absolute atomic E-state index is 12.4. The van der Waals surface area contributed by atoms with Crippen LogP contribution in [0.1, 0.15) is 38.2 Å². The summed E-state index contributed by atoms with van der Waals surface area (Å²) in [6.07, 6.45) is 3.73. The SMILES string of the molecule is Cc1ccc(NC(=O)C2(N)CCCC(C)C2)c(Br)c1. The van der Waals surface area contributed by atoms with Crippen molar-refractivity contribution in [2.45, 2.75) is 45.1 Å². The average Bonchev–Trinajstić information content (AvgIpc) is 2.32. The molecule has 104 valence electrons. The number of hydrogen-bond donors (Lipinski definition) is 2. The Balaban J connectivity index is 2.12. The monoisotopic (exact) mass is 324 g/mol. The zero-order valence-corrected chi connectivity index (χ0v) is 13.1. The van der Waals surface area contributed by atoms with Crippen LogP contribution in [0.2, 0.25) is 0 Å². The molecular weight excluding hydrogens is 304 g/mol. The Morgan fingerprint density at radius 1 is 1.53 bits per heavy atom. The van der Waals surface area contributed by atoms with Gasteiger partial charge >= 0.3 is 0 Å². The van der Waals surface area contributed by atoms with Gasteiger partial charge in [0.15, 0.2) is 0 Å². The summed E-state index contributed by atoms with van der Waals surface area (Å²) in [4.78, 5) is 12.4. The van der Waals surface area contributed by atoms with Crippen LogP contribution in [0.5, 0.6) is 0 Å². The zero-order valence-electron chi connectivity index (χ0n) is 11.5. The topological polar surface area (TPSA) is 55.1 Å². The van der Waals surface area contributed by atoms with Gasteiger partial charge in [0.2, 0.25) is 5.91 Å². The molecule has 2 unspecified atom stereocenters. The van der Waals surface area contributed by atoms with Gasteiger partial charge < -0.3 is 11.1 Å². The summed E-state index contributed by atoms with van der Waals surface area (Å²) >= 11 is 3.47. The molecule has 1 aliphatic rings. The molecule has 1 aromatic carbocycles. The van der Waals surface area contributed by atoms with Crippen molar-refractivity contribution < 1.29 is 4.79 Å². The number of hydrogen-bond acceptors (Lipinski definition) is 2. The van der Waals surface area contributed by atoms with E-state index >= 15 is 0 Å². The van der Waals surface area contributed by atoms with E-state index in [2.05, 4.69) is 28.2 Å². The first-order chi connectivity index (χ1) is 8.90. The fourth-order valence-corrected chi connectivity index (χ4v) is 3.36. The number of amides is 1. The number of rotatable bonds is 2. The van der Waals surface area contributed by atoms with Crippen molar-refractivity contribution >= 4 is 27.5 Å².